The van der Waals surface area contributed by atoms with E-state index in [-0.39, 0.29) is 24.2 Å². The summed E-state index contributed by atoms with van der Waals surface area (Å²) in [5.74, 6) is -0.955. The lowest BCUT2D eigenvalue weighted by atomic mass is 9.95. The van der Waals surface area contributed by atoms with Crippen molar-refractivity contribution in [2.24, 2.45) is 0 Å². The summed E-state index contributed by atoms with van der Waals surface area (Å²) in [5.41, 5.74) is 2.53. The van der Waals surface area contributed by atoms with Gasteiger partial charge < -0.3 is 10.2 Å². The maximum Gasteiger partial charge on any atom is 0.256 e. The summed E-state index contributed by atoms with van der Waals surface area (Å²) in [7, 11) is 0. The molecule has 4 rings (SSSR count). The number of rotatable bonds is 2. The van der Waals surface area contributed by atoms with Crippen molar-refractivity contribution in [1.82, 2.24) is 4.90 Å². The number of halogens is 3. The van der Waals surface area contributed by atoms with Gasteiger partial charge in [-0.15, -0.1) is 0 Å². The molecule has 2 amide bonds. The molecule has 1 heterocycles. The minimum Gasteiger partial charge on any atom is -0.324 e. The molecule has 1 aliphatic heterocycles. The molecule has 1 aliphatic rings. The Hall–Kier alpha value is -2.51. The van der Waals surface area contributed by atoms with Gasteiger partial charge in [-0.1, -0.05) is 40.2 Å². The molecule has 0 saturated carbocycles. The predicted octanol–water partition coefficient (Wildman–Crippen LogP) is 5.53. The Morgan fingerprint density at radius 3 is 2.48 bits per heavy atom. The normalized spacial score (nSPS) is 16.0. The van der Waals surface area contributed by atoms with Crippen molar-refractivity contribution in [3.8, 4) is 0 Å². The van der Waals surface area contributed by atoms with Crippen LogP contribution in [0.4, 0.5) is 10.1 Å². The summed E-state index contributed by atoms with van der Waals surface area (Å²) >= 11 is 6.89. The van der Waals surface area contributed by atoms with Crippen LogP contribution >= 0.6 is 31.9 Å². The van der Waals surface area contributed by atoms with Gasteiger partial charge in [0, 0.05) is 20.2 Å². The van der Waals surface area contributed by atoms with Crippen LogP contribution in [0.1, 0.15) is 27.5 Å². The molecule has 0 aliphatic carbocycles. The Labute approximate surface area is 184 Å². The number of fused-ring (bicyclic) bond motifs is 1. The molecule has 0 radical (unpaired) electrons. The van der Waals surface area contributed by atoms with E-state index in [4.69, 9.17) is 0 Å². The number of benzene rings is 3. The zero-order valence-corrected chi connectivity index (χ0v) is 18.2. The van der Waals surface area contributed by atoms with E-state index in [0.29, 0.717) is 21.3 Å². The summed E-state index contributed by atoms with van der Waals surface area (Å²) in [6.45, 7) is -0.130. The van der Waals surface area contributed by atoms with Gasteiger partial charge in [-0.2, -0.15) is 0 Å². The van der Waals surface area contributed by atoms with E-state index in [0.717, 1.165) is 10.0 Å². The van der Waals surface area contributed by atoms with Gasteiger partial charge in [-0.05, 0) is 64.0 Å². The number of amides is 2. The predicted molar refractivity (Wildman–Crippen MR) is 116 cm³/mol. The van der Waals surface area contributed by atoms with Crippen molar-refractivity contribution in [1.29, 1.82) is 0 Å². The largest absolute Gasteiger partial charge is 0.324 e. The third-order valence-electron chi connectivity index (χ3n) is 4.76. The maximum absolute atomic E-state index is 13.6. The van der Waals surface area contributed by atoms with Gasteiger partial charge in [0.2, 0.25) is 5.91 Å². The first kappa shape index (κ1) is 19.8. The van der Waals surface area contributed by atoms with Gasteiger partial charge in [0.1, 0.15) is 12.4 Å². The van der Waals surface area contributed by atoms with E-state index in [1.807, 2.05) is 18.2 Å². The van der Waals surface area contributed by atoms with E-state index in [2.05, 4.69) is 37.2 Å². The molecule has 3 aromatic rings. The molecule has 0 fully saturated rings. The first-order chi connectivity index (χ1) is 13.9. The van der Waals surface area contributed by atoms with Crippen LogP contribution in [0.15, 0.2) is 75.7 Å². The van der Waals surface area contributed by atoms with Crippen LogP contribution in [0.2, 0.25) is 0 Å². The summed E-state index contributed by atoms with van der Waals surface area (Å²) in [6, 6.07) is 18.0. The highest BCUT2D eigenvalue weighted by atomic mass is 79.9. The van der Waals surface area contributed by atoms with Crippen molar-refractivity contribution in [2.75, 3.05) is 11.9 Å². The Kier molecular flexibility index (Phi) is 5.52. The van der Waals surface area contributed by atoms with Gasteiger partial charge in [0.15, 0.2) is 0 Å². The summed E-state index contributed by atoms with van der Waals surface area (Å²) < 4.78 is 15.0. The zero-order chi connectivity index (χ0) is 20.5. The molecular weight excluding hydrogens is 503 g/mol. The summed E-state index contributed by atoms with van der Waals surface area (Å²) in [5, 5.41) is 2.87. The van der Waals surface area contributed by atoms with Crippen molar-refractivity contribution in [3.63, 3.8) is 0 Å². The Morgan fingerprint density at radius 1 is 1.03 bits per heavy atom. The lowest BCUT2D eigenvalue weighted by Gasteiger charge is -2.31. The van der Waals surface area contributed by atoms with Crippen LogP contribution in [0, 0.1) is 5.82 Å². The Bertz CT molecular complexity index is 1100. The van der Waals surface area contributed by atoms with Crippen LogP contribution < -0.4 is 5.32 Å². The number of nitrogens with zero attached hydrogens (tertiary/aromatic N) is 1. The minimum atomic E-state index is -0.568. The van der Waals surface area contributed by atoms with E-state index >= 15 is 0 Å². The van der Waals surface area contributed by atoms with Gasteiger partial charge in [0.05, 0.1) is 11.6 Å². The third kappa shape index (κ3) is 3.97. The van der Waals surface area contributed by atoms with E-state index in [9.17, 15) is 14.0 Å². The van der Waals surface area contributed by atoms with Crippen LogP contribution in [0.25, 0.3) is 0 Å². The molecule has 1 atom stereocenters. The standard InChI is InChI=1S/C22H15Br2FN2O2/c23-14-7-10-19-17(11-14)21(13-5-8-15(25)9-6-13)27(12-20(28)26-19)22(29)16-3-1-2-4-18(16)24/h1-11,21H,12H2,(H,26,28)/t21-/m0/s1. The number of carbonyl (C=O) groups excluding carboxylic acids is 2. The lowest BCUT2D eigenvalue weighted by Crippen LogP contribution is -2.39. The SMILES string of the molecule is O=C1CN(C(=O)c2ccccc2Br)[C@@H](c2ccc(F)cc2)c2cc(Br)ccc2N1. The second-order valence-corrected chi connectivity index (χ2v) is 8.42. The van der Waals surface area contributed by atoms with Crippen molar-refractivity contribution in [3.05, 3.63) is 98.2 Å². The molecule has 0 unspecified atom stereocenters. The highest BCUT2D eigenvalue weighted by Gasteiger charge is 2.34. The number of hydrogen-bond acceptors (Lipinski definition) is 2. The van der Waals surface area contributed by atoms with Crippen LogP contribution in [-0.4, -0.2) is 23.3 Å². The molecule has 29 heavy (non-hydrogen) atoms. The van der Waals surface area contributed by atoms with Gasteiger partial charge in [0.25, 0.3) is 5.91 Å². The molecule has 0 bridgehead atoms. The fourth-order valence-corrected chi connectivity index (χ4v) is 4.29. The molecular formula is C22H15Br2FN2O2. The lowest BCUT2D eigenvalue weighted by molar-refractivity contribution is -0.117. The van der Waals surface area contributed by atoms with E-state index in [1.54, 1.807) is 36.4 Å². The fourth-order valence-electron chi connectivity index (χ4n) is 3.46. The van der Waals surface area contributed by atoms with Gasteiger partial charge in [-0.3, -0.25) is 9.59 Å². The molecule has 1 N–H and O–H groups in total. The average Bonchev–Trinajstić information content (AvgIpc) is 2.84. The maximum atomic E-state index is 13.6. The molecule has 7 heteroatoms. The van der Waals surface area contributed by atoms with Crippen LogP contribution in [-0.2, 0) is 4.79 Å². The first-order valence-corrected chi connectivity index (χ1v) is 10.4. The summed E-state index contributed by atoms with van der Waals surface area (Å²) in [6.07, 6.45) is 0. The number of nitrogens with one attached hydrogen (secondary N) is 1. The highest BCUT2D eigenvalue weighted by molar-refractivity contribution is 9.10. The van der Waals surface area contributed by atoms with Crippen LogP contribution in [0.5, 0.6) is 0 Å². The molecule has 4 nitrogen and oxygen atoms in total. The second kappa shape index (κ2) is 8.08. The Morgan fingerprint density at radius 2 is 1.76 bits per heavy atom. The smallest absolute Gasteiger partial charge is 0.256 e. The fraction of sp³-hybridized carbons (Fsp3) is 0.0909. The van der Waals surface area contributed by atoms with Crippen LogP contribution in [0.3, 0.4) is 0 Å². The molecule has 146 valence electrons. The Balaban J connectivity index is 1.91. The number of carbonyl (C=O) groups is 2. The van der Waals surface area contributed by atoms with Crippen molar-refractivity contribution in [2.45, 2.75) is 6.04 Å². The number of anilines is 1. The molecule has 0 saturated heterocycles. The topological polar surface area (TPSA) is 49.4 Å². The van der Waals surface area contributed by atoms with E-state index in [1.165, 1.54) is 17.0 Å². The third-order valence-corrected chi connectivity index (χ3v) is 5.94. The van der Waals surface area contributed by atoms with Crippen molar-refractivity contribution >= 4 is 49.4 Å². The zero-order valence-electron chi connectivity index (χ0n) is 15.0. The van der Waals surface area contributed by atoms with Gasteiger partial charge in [-0.25, -0.2) is 4.39 Å². The molecule has 0 spiro atoms. The first-order valence-electron chi connectivity index (χ1n) is 8.84. The van der Waals surface area contributed by atoms with Gasteiger partial charge >= 0.3 is 0 Å². The quantitative estimate of drug-likeness (QED) is 0.485. The minimum absolute atomic E-state index is 0.130. The highest BCUT2D eigenvalue weighted by Crippen LogP contribution is 2.38. The second-order valence-electron chi connectivity index (χ2n) is 6.65. The van der Waals surface area contributed by atoms with E-state index < -0.39 is 6.04 Å². The summed E-state index contributed by atoms with van der Waals surface area (Å²) in [4.78, 5) is 27.6. The monoisotopic (exact) mass is 516 g/mol. The molecule has 3 aromatic carbocycles. The molecule has 0 aromatic heterocycles. The number of hydrogen-bond donors (Lipinski definition) is 1. The average molecular weight is 518 g/mol. The van der Waals surface area contributed by atoms with Crippen molar-refractivity contribution < 1.29 is 14.0 Å².